The van der Waals surface area contributed by atoms with Gasteiger partial charge >= 0.3 is 0 Å². The molecule has 2 aromatic heterocycles. The van der Waals surface area contributed by atoms with E-state index in [1.165, 1.54) is 22.8 Å². The van der Waals surface area contributed by atoms with E-state index < -0.39 is 5.82 Å². The molecule has 8 heteroatoms. The molecule has 0 unspecified atom stereocenters. The van der Waals surface area contributed by atoms with Crippen LogP contribution in [0.3, 0.4) is 0 Å². The van der Waals surface area contributed by atoms with Crippen LogP contribution < -0.4 is 0 Å². The average molecular weight is 433 g/mol. The van der Waals surface area contributed by atoms with Crippen LogP contribution in [0.2, 0.25) is 0 Å². The summed E-state index contributed by atoms with van der Waals surface area (Å²) < 4.78 is 15.7. The maximum atomic E-state index is 13.9. The van der Waals surface area contributed by atoms with Crippen LogP contribution in [-0.4, -0.2) is 32.2 Å². The fourth-order valence-electron chi connectivity index (χ4n) is 4.97. The predicted octanol–water partition coefficient (Wildman–Crippen LogP) is 3.99. The lowest BCUT2D eigenvalue weighted by Crippen LogP contribution is -2.36. The second-order valence-electron chi connectivity index (χ2n) is 8.71. The highest BCUT2D eigenvalue weighted by Crippen LogP contribution is 2.37. The Bertz CT molecular complexity index is 1180. The number of fused-ring (bicyclic) bond motifs is 1. The van der Waals surface area contributed by atoms with E-state index in [1.807, 2.05) is 18.3 Å². The van der Waals surface area contributed by atoms with Crippen molar-refractivity contribution in [2.24, 2.45) is 11.8 Å². The monoisotopic (exact) mass is 433 g/mol. The van der Waals surface area contributed by atoms with Crippen LogP contribution in [-0.2, 0) is 16.1 Å². The smallest absolute Gasteiger partial charge is 0.249 e. The molecule has 1 amide bonds. The van der Waals surface area contributed by atoms with Crippen LogP contribution in [0.5, 0.6) is 0 Å². The van der Waals surface area contributed by atoms with E-state index in [2.05, 4.69) is 16.1 Å². The number of rotatable bonds is 4. The highest BCUT2D eigenvalue weighted by atomic mass is 19.1. The Hall–Kier alpha value is -3.31. The first kappa shape index (κ1) is 20.6. The molecule has 0 spiro atoms. The van der Waals surface area contributed by atoms with E-state index in [4.69, 9.17) is 10.1 Å². The Balaban J connectivity index is 1.22. The summed E-state index contributed by atoms with van der Waals surface area (Å²) in [6, 6.07) is 9.94. The number of nitriles is 1. The van der Waals surface area contributed by atoms with Gasteiger partial charge in [0, 0.05) is 18.5 Å². The zero-order valence-corrected chi connectivity index (χ0v) is 17.7. The number of carbonyl (C=O) groups excluding carboxylic acids is 1. The van der Waals surface area contributed by atoms with Crippen LogP contribution in [0.4, 0.5) is 4.39 Å². The molecule has 1 aliphatic heterocycles. The van der Waals surface area contributed by atoms with Crippen molar-refractivity contribution in [2.75, 3.05) is 6.61 Å². The van der Waals surface area contributed by atoms with Gasteiger partial charge in [0.2, 0.25) is 5.91 Å². The van der Waals surface area contributed by atoms with Crippen molar-refractivity contribution >= 4 is 11.6 Å². The van der Waals surface area contributed by atoms with Gasteiger partial charge in [-0.05, 0) is 73.4 Å². The van der Waals surface area contributed by atoms with Gasteiger partial charge in [0.25, 0.3) is 0 Å². The first-order chi connectivity index (χ1) is 15.6. The predicted molar refractivity (Wildman–Crippen MR) is 113 cm³/mol. The number of hydrogen-bond donors (Lipinski definition) is 0. The molecule has 3 heterocycles. The third-order valence-electron chi connectivity index (χ3n) is 6.61. The maximum absolute atomic E-state index is 13.9. The minimum Gasteiger partial charge on any atom is -0.272 e. The van der Waals surface area contributed by atoms with Crippen molar-refractivity contribution < 1.29 is 14.0 Å². The standard InChI is InChI=1S/C24H24FN5O2/c25-21-11-18(13-26)10-20(12-21)22-7-8-32-30(22)24(31)19-4-1-16(2-5-19)9-17-3-6-23-27-15-28-29(23)14-17/h3,6,10-12,14-16,19,22H,1-2,4-5,7-9H2/t16-,19-,22-/m0/s1. The molecule has 1 aromatic carbocycles. The van der Waals surface area contributed by atoms with Crippen LogP contribution in [0.25, 0.3) is 5.65 Å². The Morgan fingerprint density at radius 3 is 2.84 bits per heavy atom. The third-order valence-corrected chi connectivity index (χ3v) is 6.61. The van der Waals surface area contributed by atoms with Gasteiger partial charge < -0.3 is 0 Å². The summed E-state index contributed by atoms with van der Waals surface area (Å²) in [6.07, 6.45) is 8.71. The quantitative estimate of drug-likeness (QED) is 0.621. The van der Waals surface area contributed by atoms with Gasteiger partial charge in [0.1, 0.15) is 12.1 Å². The zero-order chi connectivity index (χ0) is 22.1. The Morgan fingerprint density at radius 1 is 1.19 bits per heavy atom. The van der Waals surface area contributed by atoms with Crippen LogP contribution >= 0.6 is 0 Å². The van der Waals surface area contributed by atoms with Crippen molar-refractivity contribution in [2.45, 2.75) is 44.6 Å². The van der Waals surface area contributed by atoms with Crippen LogP contribution in [0.1, 0.15) is 54.8 Å². The summed E-state index contributed by atoms with van der Waals surface area (Å²) in [5, 5.41) is 14.8. The van der Waals surface area contributed by atoms with E-state index in [9.17, 15) is 9.18 Å². The molecule has 7 nitrogen and oxygen atoms in total. The summed E-state index contributed by atoms with van der Waals surface area (Å²) in [6.45, 7) is 0.412. The van der Waals surface area contributed by atoms with Crippen molar-refractivity contribution in [3.63, 3.8) is 0 Å². The van der Waals surface area contributed by atoms with Gasteiger partial charge in [-0.3, -0.25) is 9.63 Å². The molecule has 164 valence electrons. The summed E-state index contributed by atoms with van der Waals surface area (Å²) in [5.41, 5.74) is 2.93. The van der Waals surface area contributed by atoms with E-state index in [0.717, 1.165) is 37.8 Å². The first-order valence-corrected chi connectivity index (χ1v) is 11.1. The number of nitrogens with zero attached hydrogens (tertiary/aromatic N) is 5. The largest absolute Gasteiger partial charge is 0.272 e. The number of pyridine rings is 1. The zero-order valence-electron chi connectivity index (χ0n) is 17.7. The number of hydroxylamine groups is 2. The number of carbonyl (C=O) groups is 1. The SMILES string of the molecule is N#Cc1cc(F)cc([C@@H]2CCON2C(=O)[C@H]2CC[C@H](Cc3ccc4ncnn4c3)CC2)c1. The lowest BCUT2D eigenvalue weighted by Gasteiger charge is -2.32. The second kappa shape index (κ2) is 8.67. The molecule has 2 fully saturated rings. The van der Waals surface area contributed by atoms with Crippen molar-refractivity contribution in [1.29, 1.82) is 5.26 Å². The number of amides is 1. The maximum Gasteiger partial charge on any atom is 0.249 e. The van der Waals surface area contributed by atoms with Gasteiger partial charge in [-0.2, -0.15) is 10.4 Å². The Kier molecular flexibility index (Phi) is 5.58. The van der Waals surface area contributed by atoms with E-state index in [1.54, 1.807) is 16.9 Å². The summed E-state index contributed by atoms with van der Waals surface area (Å²) >= 11 is 0. The van der Waals surface area contributed by atoms with E-state index >= 15 is 0 Å². The molecule has 5 rings (SSSR count). The number of aromatic nitrogens is 3. The fraction of sp³-hybridized carbons (Fsp3) is 0.417. The van der Waals surface area contributed by atoms with Crippen LogP contribution in [0, 0.1) is 29.0 Å². The molecule has 0 radical (unpaired) electrons. The summed E-state index contributed by atoms with van der Waals surface area (Å²) in [5.74, 6) is -0.0638. The topological polar surface area (TPSA) is 83.5 Å². The summed E-state index contributed by atoms with van der Waals surface area (Å²) in [7, 11) is 0. The van der Waals surface area contributed by atoms with Gasteiger partial charge in [0.05, 0.1) is 24.3 Å². The minimum atomic E-state index is -0.470. The van der Waals surface area contributed by atoms with Crippen molar-refractivity contribution in [3.05, 3.63) is 65.4 Å². The van der Waals surface area contributed by atoms with Gasteiger partial charge in [-0.1, -0.05) is 6.07 Å². The fourth-order valence-corrected chi connectivity index (χ4v) is 4.97. The summed E-state index contributed by atoms with van der Waals surface area (Å²) in [4.78, 5) is 23.1. The molecule has 0 bridgehead atoms. The molecule has 2 aliphatic rings. The van der Waals surface area contributed by atoms with E-state index in [-0.39, 0.29) is 23.4 Å². The Morgan fingerprint density at radius 2 is 2.03 bits per heavy atom. The normalized spacial score (nSPS) is 23.4. The van der Waals surface area contributed by atoms with E-state index in [0.29, 0.717) is 24.5 Å². The number of benzene rings is 1. The van der Waals surface area contributed by atoms with Gasteiger partial charge in [-0.25, -0.2) is 19.0 Å². The Labute approximate surface area is 185 Å². The van der Waals surface area contributed by atoms with Crippen LogP contribution in [0.15, 0.2) is 42.9 Å². The lowest BCUT2D eigenvalue weighted by molar-refractivity contribution is -0.183. The molecular formula is C24H24FN5O2. The van der Waals surface area contributed by atoms with Gasteiger partial charge in [0.15, 0.2) is 5.65 Å². The molecular weight excluding hydrogens is 409 g/mol. The molecule has 32 heavy (non-hydrogen) atoms. The number of hydrogen-bond acceptors (Lipinski definition) is 5. The molecule has 0 N–H and O–H groups in total. The second-order valence-corrected chi connectivity index (χ2v) is 8.71. The molecule has 3 aromatic rings. The van der Waals surface area contributed by atoms with Crippen molar-refractivity contribution in [1.82, 2.24) is 19.7 Å². The highest BCUT2D eigenvalue weighted by Gasteiger charge is 2.37. The van der Waals surface area contributed by atoms with Gasteiger partial charge in [-0.15, -0.1) is 0 Å². The molecule has 1 atom stereocenters. The van der Waals surface area contributed by atoms with Crippen molar-refractivity contribution in [3.8, 4) is 6.07 Å². The lowest BCUT2D eigenvalue weighted by atomic mass is 9.79. The molecule has 1 saturated carbocycles. The minimum absolute atomic E-state index is 0.0299. The average Bonchev–Trinajstić information content (AvgIpc) is 3.48. The first-order valence-electron chi connectivity index (χ1n) is 11.1. The molecule has 1 aliphatic carbocycles. The highest BCUT2D eigenvalue weighted by molar-refractivity contribution is 5.78. The molecule has 1 saturated heterocycles. The number of halogens is 1. The third kappa shape index (κ3) is 4.08.